The molecule has 3 rings (SSSR count). The minimum absolute atomic E-state index is 0.149. The van der Waals surface area contributed by atoms with Crippen LogP contribution in [0.4, 0.5) is 15.9 Å². The molecule has 150 valence electrons. The van der Waals surface area contributed by atoms with Gasteiger partial charge in [-0.25, -0.2) is 14.4 Å². The van der Waals surface area contributed by atoms with Crippen molar-refractivity contribution in [2.75, 3.05) is 24.3 Å². The molecule has 0 spiro atoms. The van der Waals surface area contributed by atoms with Gasteiger partial charge in [0.05, 0.1) is 18.1 Å². The number of rotatable bonds is 6. The number of fused-ring (bicyclic) bond motifs is 1. The molecule has 3 aromatic rings. The SMILES string of the molecule is CCNc1ncnc2c1cc(NC(=O)c1ccccc1F)c(=O)n2CC(=O)OC. The van der Waals surface area contributed by atoms with E-state index in [4.69, 9.17) is 0 Å². The predicted octanol–water partition coefficient (Wildman–Crippen LogP) is 1.79. The van der Waals surface area contributed by atoms with Crippen LogP contribution in [-0.2, 0) is 16.1 Å². The maximum absolute atomic E-state index is 13.9. The smallest absolute Gasteiger partial charge is 0.325 e. The monoisotopic (exact) mass is 399 g/mol. The van der Waals surface area contributed by atoms with Gasteiger partial charge in [-0.2, -0.15) is 0 Å². The van der Waals surface area contributed by atoms with Gasteiger partial charge >= 0.3 is 5.97 Å². The van der Waals surface area contributed by atoms with Crippen LogP contribution in [0.15, 0.2) is 41.5 Å². The number of pyridine rings is 1. The Bertz CT molecular complexity index is 1150. The number of nitrogens with one attached hydrogen (secondary N) is 2. The van der Waals surface area contributed by atoms with Gasteiger partial charge in [0, 0.05) is 6.54 Å². The zero-order chi connectivity index (χ0) is 21.0. The summed E-state index contributed by atoms with van der Waals surface area (Å²) in [4.78, 5) is 45.4. The van der Waals surface area contributed by atoms with Crippen LogP contribution >= 0.6 is 0 Å². The van der Waals surface area contributed by atoms with Crippen LogP contribution in [0.5, 0.6) is 0 Å². The van der Waals surface area contributed by atoms with E-state index in [-0.39, 0.29) is 16.9 Å². The lowest BCUT2D eigenvalue weighted by atomic mass is 10.2. The number of nitrogens with zero attached hydrogens (tertiary/aromatic N) is 3. The highest BCUT2D eigenvalue weighted by atomic mass is 19.1. The number of methoxy groups -OCH3 is 1. The predicted molar refractivity (Wildman–Crippen MR) is 104 cm³/mol. The number of anilines is 2. The Hall–Kier alpha value is -3.82. The Morgan fingerprint density at radius 2 is 2.00 bits per heavy atom. The highest BCUT2D eigenvalue weighted by Crippen LogP contribution is 2.21. The summed E-state index contributed by atoms with van der Waals surface area (Å²) in [5, 5.41) is 5.85. The average Bonchev–Trinajstić information content (AvgIpc) is 2.71. The Morgan fingerprint density at radius 3 is 2.69 bits per heavy atom. The van der Waals surface area contributed by atoms with Crippen molar-refractivity contribution in [3.05, 3.63) is 58.4 Å². The quantitative estimate of drug-likeness (QED) is 0.607. The first-order valence-corrected chi connectivity index (χ1v) is 8.71. The van der Waals surface area contributed by atoms with Crippen molar-refractivity contribution in [2.24, 2.45) is 0 Å². The number of carbonyl (C=O) groups excluding carboxylic acids is 2. The van der Waals surface area contributed by atoms with E-state index < -0.39 is 29.8 Å². The van der Waals surface area contributed by atoms with Crippen LogP contribution in [-0.4, -0.2) is 40.1 Å². The number of halogens is 1. The third-order valence-corrected chi connectivity index (χ3v) is 4.11. The third-order valence-electron chi connectivity index (χ3n) is 4.11. The number of hydrogen-bond acceptors (Lipinski definition) is 7. The molecular formula is C19H18FN5O4. The van der Waals surface area contributed by atoms with Gasteiger partial charge in [-0.3, -0.25) is 19.0 Å². The number of ether oxygens (including phenoxy) is 1. The van der Waals surface area contributed by atoms with Crippen LogP contribution in [0.2, 0.25) is 0 Å². The van der Waals surface area contributed by atoms with E-state index in [0.29, 0.717) is 17.7 Å². The lowest BCUT2D eigenvalue weighted by molar-refractivity contribution is -0.141. The van der Waals surface area contributed by atoms with Gasteiger partial charge in [-0.1, -0.05) is 12.1 Å². The van der Waals surface area contributed by atoms with Gasteiger partial charge in [-0.05, 0) is 25.1 Å². The summed E-state index contributed by atoms with van der Waals surface area (Å²) in [6.45, 7) is 1.98. The molecule has 0 aliphatic carbocycles. The minimum atomic E-state index is -0.800. The molecule has 0 fully saturated rings. The van der Waals surface area contributed by atoms with E-state index >= 15 is 0 Å². The molecule has 1 aromatic carbocycles. The van der Waals surface area contributed by atoms with Crippen LogP contribution in [0.25, 0.3) is 11.0 Å². The molecular weight excluding hydrogens is 381 g/mol. The zero-order valence-electron chi connectivity index (χ0n) is 15.7. The number of hydrogen-bond donors (Lipinski definition) is 2. The molecule has 0 unspecified atom stereocenters. The summed E-state index contributed by atoms with van der Waals surface area (Å²) in [5.41, 5.74) is -0.865. The second-order valence-electron chi connectivity index (χ2n) is 5.95. The van der Waals surface area contributed by atoms with E-state index in [9.17, 15) is 18.8 Å². The molecule has 29 heavy (non-hydrogen) atoms. The first-order valence-electron chi connectivity index (χ1n) is 8.71. The van der Waals surface area contributed by atoms with Gasteiger partial charge in [-0.15, -0.1) is 0 Å². The molecule has 0 saturated heterocycles. The summed E-state index contributed by atoms with van der Waals surface area (Å²) < 4.78 is 19.6. The maximum Gasteiger partial charge on any atom is 0.325 e. The molecule has 1 amide bonds. The summed E-state index contributed by atoms with van der Waals surface area (Å²) in [6, 6.07) is 6.78. The second-order valence-corrected chi connectivity index (χ2v) is 5.95. The largest absolute Gasteiger partial charge is 0.468 e. The van der Waals surface area contributed by atoms with Gasteiger partial charge in [0.25, 0.3) is 11.5 Å². The fourth-order valence-corrected chi connectivity index (χ4v) is 2.76. The molecule has 10 heteroatoms. The van der Waals surface area contributed by atoms with Crippen molar-refractivity contribution in [3.8, 4) is 0 Å². The molecule has 0 saturated carbocycles. The summed E-state index contributed by atoms with van der Waals surface area (Å²) in [6.07, 6.45) is 1.26. The van der Waals surface area contributed by atoms with Gasteiger partial charge in [0.2, 0.25) is 0 Å². The molecule has 0 bridgehead atoms. The van der Waals surface area contributed by atoms with Gasteiger partial charge in [0.15, 0.2) is 0 Å². The molecule has 0 aliphatic rings. The Balaban J connectivity index is 2.16. The second kappa shape index (κ2) is 8.46. The third kappa shape index (κ3) is 4.05. The highest BCUT2D eigenvalue weighted by Gasteiger charge is 2.19. The number of aromatic nitrogens is 3. The molecule has 2 N–H and O–H groups in total. The summed E-state index contributed by atoms with van der Waals surface area (Å²) in [7, 11) is 1.19. The van der Waals surface area contributed by atoms with E-state index in [1.807, 2.05) is 6.92 Å². The van der Waals surface area contributed by atoms with Crippen LogP contribution in [0.1, 0.15) is 17.3 Å². The topological polar surface area (TPSA) is 115 Å². The minimum Gasteiger partial charge on any atom is -0.468 e. The molecule has 0 aliphatic heterocycles. The highest BCUT2D eigenvalue weighted by molar-refractivity contribution is 6.05. The Labute approximate surface area is 164 Å². The fraction of sp³-hybridized carbons (Fsp3) is 0.211. The first kappa shape index (κ1) is 19.9. The van der Waals surface area contributed by atoms with E-state index in [1.54, 1.807) is 0 Å². The summed E-state index contributed by atoms with van der Waals surface area (Å²) in [5.74, 6) is -1.78. The number of benzene rings is 1. The first-order chi connectivity index (χ1) is 14.0. The number of esters is 1. The lowest BCUT2D eigenvalue weighted by Crippen LogP contribution is -2.30. The molecule has 0 atom stereocenters. The van der Waals surface area contributed by atoms with E-state index in [1.165, 1.54) is 37.7 Å². The van der Waals surface area contributed by atoms with Crippen molar-refractivity contribution >= 4 is 34.4 Å². The fourth-order valence-electron chi connectivity index (χ4n) is 2.76. The maximum atomic E-state index is 13.9. The van der Waals surface area contributed by atoms with Crippen molar-refractivity contribution in [3.63, 3.8) is 0 Å². The Kier molecular flexibility index (Phi) is 5.82. The van der Waals surface area contributed by atoms with Crippen molar-refractivity contribution in [1.29, 1.82) is 0 Å². The number of amides is 1. The van der Waals surface area contributed by atoms with Gasteiger partial charge in [0.1, 0.15) is 35.8 Å². The molecule has 2 heterocycles. The number of carbonyl (C=O) groups is 2. The normalized spacial score (nSPS) is 10.6. The molecule has 2 aromatic heterocycles. The van der Waals surface area contributed by atoms with Crippen LogP contribution < -0.4 is 16.2 Å². The molecule has 9 nitrogen and oxygen atoms in total. The van der Waals surface area contributed by atoms with Crippen LogP contribution in [0, 0.1) is 5.82 Å². The van der Waals surface area contributed by atoms with Crippen LogP contribution in [0.3, 0.4) is 0 Å². The molecule has 0 radical (unpaired) electrons. The zero-order valence-corrected chi connectivity index (χ0v) is 15.7. The van der Waals surface area contributed by atoms with Crippen molar-refractivity contribution in [1.82, 2.24) is 14.5 Å². The lowest BCUT2D eigenvalue weighted by Gasteiger charge is -2.14. The standard InChI is InChI=1S/C19H18FN5O4/c1-3-21-16-12-8-14(24-18(27)11-6-4-5-7-13(11)20)19(28)25(9-15(26)29-2)17(12)23-10-22-16/h4-8,10H,3,9H2,1-2H3,(H,24,27)(H,21,22,23). The van der Waals surface area contributed by atoms with E-state index in [0.717, 1.165) is 10.6 Å². The summed E-state index contributed by atoms with van der Waals surface area (Å²) >= 11 is 0. The van der Waals surface area contributed by atoms with Crippen molar-refractivity contribution < 1.29 is 18.7 Å². The average molecular weight is 399 g/mol. The Morgan fingerprint density at radius 1 is 1.24 bits per heavy atom. The van der Waals surface area contributed by atoms with E-state index in [2.05, 4.69) is 25.3 Å². The van der Waals surface area contributed by atoms with Gasteiger partial charge < -0.3 is 15.4 Å². The van der Waals surface area contributed by atoms with Crippen molar-refractivity contribution in [2.45, 2.75) is 13.5 Å².